The van der Waals surface area contributed by atoms with Crippen molar-refractivity contribution in [3.05, 3.63) is 70.8 Å². The lowest BCUT2D eigenvalue weighted by molar-refractivity contribution is -0.187. The van der Waals surface area contributed by atoms with E-state index >= 15 is 0 Å². The molecule has 136 valence electrons. The second-order valence-electron chi connectivity index (χ2n) is 5.95. The third-order valence-electron chi connectivity index (χ3n) is 4.07. The van der Waals surface area contributed by atoms with Gasteiger partial charge in [-0.3, -0.25) is 0 Å². The summed E-state index contributed by atoms with van der Waals surface area (Å²) in [6.45, 7) is 0. The number of aliphatic hydroxyl groups excluding tert-OH is 1. The SMILES string of the molecule is O=C(O)C1=Cc2cc(C(O)Cc3ccccc3)ccc2OC1C(F)(F)F. The Morgan fingerprint density at radius 1 is 1.15 bits per heavy atom. The normalized spacial score (nSPS) is 17.7. The number of rotatable bonds is 4. The van der Waals surface area contributed by atoms with Crippen LogP contribution in [0.15, 0.2) is 54.1 Å². The molecule has 0 amide bonds. The highest BCUT2D eigenvalue weighted by Crippen LogP contribution is 2.38. The highest BCUT2D eigenvalue weighted by atomic mass is 19.4. The van der Waals surface area contributed by atoms with Gasteiger partial charge in [-0.2, -0.15) is 13.2 Å². The van der Waals surface area contributed by atoms with Crippen molar-refractivity contribution in [2.24, 2.45) is 0 Å². The molecule has 2 atom stereocenters. The van der Waals surface area contributed by atoms with Gasteiger partial charge in [-0.15, -0.1) is 0 Å². The van der Waals surface area contributed by atoms with Crippen LogP contribution in [0.3, 0.4) is 0 Å². The van der Waals surface area contributed by atoms with Crippen molar-refractivity contribution < 1.29 is 32.9 Å². The van der Waals surface area contributed by atoms with Gasteiger partial charge in [0.25, 0.3) is 0 Å². The molecule has 2 aromatic rings. The third-order valence-corrected chi connectivity index (χ3v) is 4.07. The van der Waals surface area contributed by atoms with Gasteiger partial charge in [0.15, 0.2) is 0 Å². The summed E-state index contributed by atoms with van der Waals surface area (Å²) < 4.78 is 43.9. The van der Waals surface area contributed by atoms with E-state index in [2.05, 4.69) is 0 Å². The maximum absolute atomic E-state index is 13.0. The summed E-state index contributed by atoms with van der Waals surface area (Å²) in [6.07, 6.45) is -6.98. The Morgan fingerprint density at radius 2 is 1.85 bits per heavy atom. The fourth-order valence-electron chi connectivity index (χ4n) is 2.80. The second kappa shape index (κ2) is 6.84. The summed E-state index contributed by atoms with van der Waals surface area (Å²) in [7, 11) is 0. The van der Waals surface area contributed by atoms with E-state index in [0.717, 1.165) is 11.6 Å². The molecule has 0 fully saturated rings. The largest absolute Gasteiger partial charge is 0.478 e. The first-order valence-electron chi connectivity index (χ1n) is 7.80. The Balaban J connectivity index is 1.91. The van der Waals surface area contributed by atoms with Crippen LogP contribution in [0.25, 0.3) is 6.08 Å². The van der Waals surface area contributed by atoms with Crippen LogP contribution in [0.1, 0.15) is 22.8 Å². The Bertz CT molecular complexity index is 844. The third kappa shape index (κ3) is 3.72. The minimum atomic E-state index is -4.84. The fraction of sp³-hybridized carbons (Fsp3) is 0.211. The summed E-state index contributed by atoms with van der Waals surface area (Å²) >= 11 is 0. The molecule has 26 heavy (non-hydrogen) atoms. The number of halogens is 3. The van der Waals surface area contributed by atoms with E-state index in [0.29, 0.717) is 12.0 Å². The van der Waals surface area contributed by atoms with Crippen molar-refractivity contribution in [1.82, 2.24) is 0 Å². The van der Waals surface area contributed by atoms with E-state index in [-0.39, 0.29) is 11.3 Å². The van der Waals surface area contributed by atoms with Gasteiger partial charge in [-0.1, -0.05) is 36.4 Å². The Morgan fingerprint density at radius 3 is 2.46 bits per heavy atom. The van der Waals surface area contributed by atoms with Gasteiger partial charge in [0.2, 0.25) is 6.10 Å². The smallest absolute Gasteiger partial charge is 0.430 e. The molecule has 1 aliphatic rings. The number of hydrogen-bond acceptors (Lipinski definition) is 3. The van der Waals surface area contributed by atoms with Gasteiger partial charge in [0.05, 0.1) is 11.7 Å². The molecule has 0 spiro atoms. The van der Waals surface area contributed by atoms with E-state index in [1.807, 2.05) is 30.3 Å². The van der Waals surface area contributed by atoms with Gasteiger partial charge in [-0.25, -0.2) is 4.79 Å². The number of fused-ring (bicyclic) bond motifs is 1. The lowest BCUT2D eigenvalue weighted by Gasteiger charge is -2.27. The van der Waals surface area contributed by atoms with Crippen LogP contribution in [-0.4, -0.2) is 28.5 Å². The van der Waals surface area contributed by atoms with Crippen molar-refractivity contribution in [2.45, 2.75) is 24.8 Å². The van der Waals surface area contributed by atoms with Crippen LogP contribution in [0.5, 0.6) is 5.75 Å². The summed E-state index contributed by atoms with van der Waals surface area (Å²) in [5.74, 6) is -1.78. The zero-order valence-corrected chi connectivity index (χ0v) is 13.4. The fourth-order valence-corrected chi connectivity index (χ4v) is 2.80. The van der Waals surface area contributed by atoms with Crippen molar-refractivity contribution in [1.29, 1.82) is 0 Å². The minimum Gasteiger partial charge on any atom is -0.478 e. The number of hydrogen-bond donors (Lipinski definition) is 2. The first kappa shape index (κ1) is 18.0. The number of carboxylic acid groups (broad SMARTS) is 1. The predicted molar refractivity (Wildman–Crippen MR) is 87.6 cm³/mol. The standard InChI is InChI=1S/C19H15F3O4/c20-19(21,22)17-14(18(24)25)10-13-9-12(6-7-16(13)26-17)15(23)8-11-4-2-1-3-5-11/h1-7,9-10,15,17,23H,8H2,(H,24,25). The Labute approximate surface area is 147 Å². The molecule has 0 aromatic heterocycles. The van der Waals surface area contributed by atoms with Crippen LogP contribution in [0, 0.1) is 0 Å². The van der Waals surface area contributed by atoms with Crippen molar-refractivity contribution in [3.63, 3.8) is 0 Å². The number of ether oxygens (including phenoxy) is 1. The summed E-state index contributed by atoms with van der Waals surface area (Å²) in [6, 6.07) is 13.4. The monoisotopic (exact) mass is 364 g/mol. The van der Waals surface area contributed by atoms with Gasteiger partial charge < -0.3 is 14.9 Å². The number of aliphatic hydroxyl groups is 1. The molecule has 7 heteroatoms. The first-order chi connectivity index (χ1) is 12.3. The molecule has 1 aliphatic heterocycles. The molecule has 2 N–H and O–H groups in total. The molecular formula is C19H15F3O4. The summed E-state index contributed by atoms with van der Waals surface area (Å²) in [5, 5.41) is 19.4. The van der Waals surface area contributed by atoms with Crippen LogP contribution in [0.2, 0.25) is 0 Å². The first-order valence-corrected chi connectivity index (χ1v) is 7.80. The highest BCUT2D eigenvalue weighted by Gasteiger charge is 2.48. The number of aliphatic carboxylic acids is 1. The van der Waals surface area contributed by atoms with Gasteiger partial charge in [0, 0.05) is 12.0 Å². The maximum Gasteiger partial charge on any atom is 0.430 e. The van der Waals surface area contributed by atoms with E-state index in [9.17, 15) is 23.1 Å². The quantitative estimate of drug-likeness (QED) is 0.867. The van der Waals surface area contributed by atoms with E-state index < -0.39 is 29.9 Å². The average molecular weight is 364 g/mol. The molecule has 3 rings (SSSR count). The van der Waals surface area contributed by atoms with Crippen LogP contribution in [-0.2, 0) is 11.2 Å². The molecule has 0 saturated heterocycles. The number of alkyl halides is 3. The average Bonchev–Trinajstić information content (AvgIpc) is 2.60. The topological polar surface area (TPSA) is 66.8 Å². The van der Waals surface area contributed by atoms with Gasteiger partial charge >= 0.3 is 12.1 Å². The molecule has 0 bridgehead atoms. The second-order valence-corrected chi connectivity index (χ2v) is 5.95. The van der Waals surface area contributed by atoms with Crippen molar-refractivity contribution in [3.8, 4) is 5.75 Å². The molecule has 1 heterocycles. The van der Waals surface area contributed by atoms with Crippen molar-refractivity contribution in [2.75, 3.05) is 0 Å². The van der Waals surface area contributed by atoms with Gasteiger partial charge in [0.1, 0.15) is 5.75 Å². The molecule has 0 aliphatic carbocycles. The minimum absolute atomic E-state index is 0.0759. The number of carboxylic acids is 1. The molecule has 0 radical (unpaired) electrons. The van der Waals surface area contributed by atoms with Crippen molar-refractivity contribution >= 4 is 12.0 Å². The van der Waals surface area contributed by atoms with Gasteiger partial charge in [-0.05, 0) is 29.3 Å². The highest BCUT2D eigenvalue weighted by molar-refractivity contribution is 5.95. The summed E-state index contributed by atoms with van der Waals surface area (Å²) in [5.41, 5.74) is 0.655. The maximum atomic E-state index is 13.0. The lowest BCUT2D eigenvalue weighted by atomic mass is 9.96. The predicted octanol–water partition coefficient (Wildman–Crippen LogP) is 3.75. The molecule has 0 saturated carbocycles. The Hall–Kier alpha value is -2.80. The Kier molecular flexibility index (Phi) is 4.73. The molecule has 4 nitrogen and oxygen atoms in total. The summed E-state index contributed by atoms with van der Waals surface area (Å²) in [4.78, 5) is 11.2. The van der Waals surface area contributed by atoms with Crippen LogP contribution >= 0.6 is 0 Å². The molecule has 2 aromatic carbocycles. The van der Waals surface area contributed by atoms with E-state index in [1.165, 1.54) is 18.2 Å². The zero-order chi connectivity index (χ0) is 18.9. The molecule has 2 unspecified atom stereocenters. The van der Waals surface area contributed by atoms with E-state index in [4.69, 9.17) is 9.84 Å². The van der Waals surface area contributed by atoms with E-state index in [1.54, 1.807) is 0 Å². The van der Waals surface area contributed by atoms with Crippen LogP contribution < -0.4 is 4.74 Å². The van der Waals surface area contributed by atoms with Crippen LogP contribution in [0.4, 0.5) is 13.2 Å². The lowest BCUT2D eigenvalue weighted by Crippen LogP contribution is -2.40. The number of carbonyl (C=O) groups is 1. The molecular weight excluding hydrogens is 349 g/mol. The number of benzene rings is 2. The zero-order valence-electron chi connectivity index (χ0n) is 13.4.